The Bertz CT molecular complexity index is 661. The number of unbranched alkanes of at least 4 members (excludes halogenated alkanes) is 2. The second-order valence-electron chi connectivity index (χ2n) is 7.87. The van der Waals surface area contributed by atoms with Crippen LogP contribution in [0.25, 0.3) is 0 Å². The molecule has 0 fully saturated rings. The zero-order valence-electron chi connectivity index (χ0n) is 19.2. The average molecular weight is 474 g/mol. The van der Waals surface area contributed by atoms with Crippen molar-refractivity contribution in [3.63, 3.8) is 0 Å². The van der Waals surface area contributed by atoms with Crippen LogP contribution in [0.2, 0.25) is 0 Å². The first kappa shape index (κ1) is 30.2. The Morgan fingerprint density at radius 1 is 0.758 bits per heavy atom. The number of nitrogens with one attached hydrogen (secondary N) is 3. The molecular weight excluding hydrogens is 434 g/mol. The summed E-state index contributed by atoms with van der Waals surface area (Å²) in [6.07, 6.45) is 2.82. The molecule has 12 N–H and O–H groups in total. The molecular formula is C20H39N7O6. The van der Waals surface area contributed by atoms with Gasteiger partial charge < -0.3 is 44.0 Å². The van der Waals surface area contributed by atoms with E-state index in [1.165, 1.54) is 6.92 Å². The van der Waals surface area contributed by atoms with Crippen LogP contribution in [0.3, 0.4) is 0 Å². The third-order valence-corrected chi connectivity index (χ3v) is 4.93. The van der Waals surface area contributed by atoms with E-state index in [1.54, 1.807) is 0 Å². The Hall–Kier alpha value is -2.77. The summed E-state index contributed by atoms with van der Waals surface area (Å²) in [6.45, 7) is 2.14. The molecule has 13 heteroatoms. The Morgan fingerprint density at radius 2 is 1.24 bits per heavy atom. The molecule has 0 radical (unpaired) electrons. The highest BCUT2D eigenvalue weighted by Crippen LogP contribution is 2.06. The summed E-state index contributed by atoms with van der Waals surface area (Å²) < 4.78 is 0. The van der Waals surface area contributed by atoms with Gasteiger partial charge in [0.2, 0.25) is 23.6 Å². The number of carbonyl (C=O) groups excluding carboxylic acids is 4. The second kappa shape index (κ2) is 16.8. The van der Waals surface area contributed by atoms with Gasteiger partial charge in [0.25, 0.3) is 0 Å². The highest BCUT2D eigenvalue weighted by Gasteiger charge is 2.29. The number of rotatable bonds is 18. The predicted octanol–water partition coefficient (Wildman–Crippen LogP) is -2.60. The fraction of sp³-hybridized carbons (Fsp3) is 0.750. The first-order chi connectivity index (χ1) is 15.5. The Kier molecular flexibility index (Phi) is 15.4. The third kappa shape index (κ3) is 13.4. The van der Waals surface area contributed by atoms with Crippen LogP contribution in [-0.4, -0.2) is 72.0 Å². The Morgan fingerprint density at radius 3 is 1.76 bits per heavy atom. The van der Waals surface area contributed by atoms with Gasteiger partial charge in [0.15, 0.2) is 0 Å². The molecule has 0 heterocycles. The first-order valence-corrected chi connectivity index (χ1v) is 11.1. The van der Waals surface area contributed by atoms with Crippen molar-refractivity contribution in [2.75, 3.05) is 13.1 Å². The molecule has 0 bridgehead atoms. The van der Waals surface area contributed by atoms with Crippen molar-refractivity contribution in [3.8, 4) is 0 Å². The molecule has 33 heavy (non-hydrogen) atoms. The van der Waals surface area contributed by atoms with E-state index in [0.717, 1.165) is 0 Å². The molecule has 0 rings (SSSR count). The van der Waals surface area contributed by atoms with Gasteiger partial charge in [-0.2, -0.15) is 0 Å². The molecule has 0 aliphatic rings. The monoisotopic (exact) mass is 473 g/mol. The third-order valence-electron chi connectivity index (χ3n) is 4.93. The fourth-order valence-corrected chi connectivity index (χ4v) is 2.88. The first-order valence-electron chi connectivity index (χ1n) is 11.1. The summed E-state index contributed by atoms with van der Waals surface area (Å²) in [6, 6.07) is -4.26. The summed E-state index contributed by atoms with van der Waals surface area (Å²) in [7, 11) is 0. The molecule has 0 spiro atoms. The molecule has 0 aromatic carbocycles. The minimum Gasteiger partial charge on any atom is -0.480 e. The van der Waals surface area contributed by atoms with E-state index in [9.17, 15) is 24.0 Å². The van der Waals surface area contributed by atoms with Crippen molar-refractivity contribution in [1.29, 1.82) is 0 Å². The Labute approximate surface area is 193 Å². The van der Waals surface area contributed by atoms with E-state index in [0.29, 0.717) is 45.2 Å². The number of amides is 4. The van der Waals surface area contributed by atoms with Gasteiger partial charge in [-0.3, -0.25) is 24.0 Å². The minimum absolute atomic E-state index is 0.138. The lowest BCUT2D eigenvalue weighted by atomic mass is 10.0. The van der Waals surface area contributed by atoms with Crippen molar-refractivity contribution in [1.82, 2.24) is 16.0 Å². The molecule has 0 aromatic rings. The largest absolute Gasteiger partial charge is 0.480 e. The lowest BCUT2D eigenvalue weighted by molar-refractivity contribution is -0.142. The molecule has 4 unspecified atom stereocenters. The number of carbonyl (C=O) groups is 5. The van der Waals surface area contributed by atoms with E-state index in [1.807, 2.05) is 0 Å². The van der Waals surface area contributed by atoms with Crippen LogP contribution < -0.4 is 38.9 Å². The summed E-state index contributed by atoms with van der Waals surface area (Å²) in [5.41, 5.74) is 22.0. The van der Waals surface area contributed by atoms with Gasteiger partial charge in [-0.05, 0) is 58.5 Å². The number of carboxylic acids is 1. The smallest absolute Gasteiger partial charge is 0.325 e. The zero-order chi connectivity index (χ0) is 25.4. The van der Waals surface area contributed by atoms with Crippen LogP contribution in [-0.2, 0) is 24.0 Å². The highest BCUT2D eigenvalue weighted by molar-refractivity contribution is 5.94. The number of primary amides is 1. The van der Waals surface area contributed by atoms with Crippen molar-refractivity contribution >= 4 is 29.6 Å². The standard InChI is InChI=1S/C20H39N7O6/c1-12(20(32)33)25-18(30)15(8-9-16(24)28)27-19(31)14(7-3-5-11-22)26-17(29)13(23)6-2-4-10-21/h12-15H,2-11,21-23H2,1H3,(H2,24,28)(H,25,30)(H,26,29)(H,27,31)(H,32,33). The van der Waals surface area contributed by atoms with Gasteiger partial charge >= 0.3 is 5.97 Å². The van der Waals surface area contributed by atoms with Crippen LogP contribution in [0.1, 0.15) is 58.3 Å². The Balaban J connectivity index is 5.33. The molecule has 0 saturated heterocycles. The SMILES string of the molecule is CC(NC(=O)C(CCC(N)=O)NC(=O)C(CCCCN)NC(=O)C(N)CCCCN)C(=O)O. The van der Waals surface area contributed by atoms with Gasteiger partial charge in [-0.15, -0.1) is 0 Å². The van der Waals surface area contributed by atoms with E-state index < -0.39 is 53.8 Å². The van der Waals surface area contributed by atoms with Crippen LogP contribution >= 0.6 is 0 Å². The fourth-order valence-electron chi connectivity index (χ4n) is 2.88. The van der Waals surface area contributed by atoms with Crippen molar-refractivity contribution in [2.24, 2.45) is 22.9 Å². The average Bonchev–Trinajstić information content (AvgIpc) is 2.75. The van der Waals surface area contributed by atoms with Crippen molar-refractivity contribution < 1.29 is 29.1 Å². The lowest BCUT2D eigenvalue weighted by Gasteiger charge is -2.24. The number of hydrogen-bond donors (Lipinski definition) is 8. The minimum atomic E-state index is -1.26. The predicted molar refractivity (Wildman–Crippen MR) is 121 cm³/mol. The van der Waals surface area contributed by atoms with Gasteiger partial charge in [0.05, 0.1) is 6.04 Å². The van der Waals surface area contributed by atoms with E-state index >= 15 is 0 Å². The summed E-state index contributed by atoms with van der Waals surface area (Å²) in [5, 5.41) is 16.3. The molecule has 190 valence electrons. The maximum Gasteiger partial charge on any atom is 0.325 e. The summed E-state index contributed by atoms with van der Waals surface area (Å²) in [4.78, 5) is 60.1. The van der Waals surface area contributed by atoms with Crippen LogP contribution in [0, 0.1) is 0 Å². The van der Waals surface area contributed by atoms with Crippen molar-refractivity contribution in [2.45, 2.75) is 82.5 Å². The molecule has 0 aliphatic carbocycles. The summed E-state index contributed by atoms with van der Waals surface area (Å²) >= 11 is 0. The molecule has 0 aliphatic heterocycles. The van der Waals surface area contributed by atoms with Gasteiger partial charge in [-0.25, -0.2) is 0 Å². The lowest BCUT2D eigenvalue weighted by Crippen LogP contribution is -2.57. The maximum absolute atomic E-state index is 12.9. The molecule has 13 nitrogen and oxygen atoms in total. The highest BCUT2D eigenvalue weighted by atomic mass is 16.4. The number of hydrogen-bond acceptors (Lipinski definition) is 8. The van der Waals surface area contributed by atoms with E-state index in [4.69, 9.17) is 28.0 Å². The maximum atomic E-state index is 12.9. The number of nitrogens with two attached hydrogens (primary N) is 4. The van der Waals surface area contributed by atoms with Crippen LogP contribution in [0.15, 0.2) is 0 Å². The second-order valence-corrected chi connectivity index (χ2v) is 7.87. The van der Waals surface area contributed by atoms with Crippen LogP contribution in [0.4, 0.5) is 0 Å². The molecule has 0 aromatic heterocycles. The van der Waals surface area contributed by atoms with Gasteiger partial charge in [0, 0.05) is 6.42 Å². The van der Waals surface area contributed by atoms with E-state index in [2.05, 4.69) is 16.0 Å². The van der Waals surface area contributed by atoms with Gasteiger partial charge in [-0.1, -0.05) is 6.42 Å². The quantitative estimate of drug-likeness (QED) is 0.0970. The van der Waals surface area contributed by atoms with Crippen molar-refractivity contribution in [3.05, 3.63) is 0 Å². The normalized spacial score (nSPS) is 14.4. The molecule has 4 atom stereocenters. The van der Waals surface area contributed by atoms with Crippen LogP contribution in [0.5, 0.6) is 0 Å². The topological polar surface area (TPSA) is 246 Å². The molecule has 4 amide bonds. The number of aliphatic carboxylic acids is 1. The molecule has 0 saturated carbocycles. The van der Waals surface area contributed by atoms with Gasteiger partial charge in [0.1, 0.15) is 18.1 Å². The number of carboxylic acid groups (broad SMARTS) is 1. The summed E-state index contributed by atoms with van der Waals surface area (Å²) in [5.74, 6) is -3.92. The van der Waals surface area contributed by atoms with E-state index in [-0.39, 0.29) is 19.3 Å². The zero-order valence-corrected chi connectivity index (χ0v) is 19.2.